The minimum atomic E-state index is 0. The minimum Gasteiger partial charge on any atom is -0.497 e. The minimum absolute atomic E-state index is 0. The van der Waals surface area contributed by atoms with Gasteiger partial charge in [-0.2, -0.15) is 0 Å². The second kappa shape index (κ2) is 13.1. The fourth-order valence-electron chi connectivity index (χ4n) is 3.76. The molecule has 1 aliphatic rings. The SMILES string of the molecule is CCN(Cc1ccccc1)C(=O)CNC(=NC)N1CCN(c2cccc(OC)c2)CC1.I. The molecule has 1 aliphatic heterocycles. The van der Waals surface area contributed by atoms with Crippen LogP contribution < -0.4 is 15.0 Å². The van der Waals surface area contributed by atoms with Crippen molar-refractivity contribution in [2.75, 3.05) is 58.3 Å². The number of benzene rings is 2. The molecule has 8 heteroatoms. The van der Waals surface area contributed by atoms with Gasteiger partial charge in [0.15, 0.2) is 5.96 Å². The Morgan fingerprint density at radius 2 is 1.81 bits per heavy atom. The molecular formula is C24H34IN5O2. The van der Waals surface area contributed by atoms with E-state index in [2.05, 4.69) is 32.2 Å². The Bertz CT molecular complexity index is 870. The molecule has 32 heavy (non-hydrogen) atoms. The second-order valence-electron chi connectivity index (χ2n) is 7.47. The van der Waals surface area contributed by atoms with Crippen molar-refractivity contribution in [2.24, 2.45) is 4.99 Å². The summed E-state index contributed by atoms with van der Waals surface area (Å²) in [4.78, 5) is 23.6. The summed E-state index contributed by atoms with van der Waals surface area (Å²) in [6, 6.07) is 18.2. The molecule has 0 atom stereocenters. The third-order valence-electron chi connectivity index (χ3n) is 5.56. The number of ether oxygens (including phenoxy) is 1. The van der Waals surface area contributed by atoms with Crippen molar-refractivity contribution >= 4 is 41.5 Å². The molecule has 1 saturated heterocycles. The first-order valence-electron chi connectivity index (χ1n) is 10.8. The lowest BCUT2D eigenvalue weighted by molar-refractivity contribution is -0.130. The molecule has 0 spiro atoms. The topological polar surface area (TPSA) is 60.4 Å². The summed E-state index contributed by atoms with van der Waals surface area (Å²) >= 11 is 0. The Labute approximate surface area is 208 Å². The summed E-state index contributed by atoms with van der Waals surface area (Å²) in [5.74, 6) is 1.71. The van der Waals surface area contributed by atoms with Gasteiger partial charge >= 0.3 is 0 Å². The quantitative estimate of drug-likeness (QED) is 0.326. The van der Waals surface area contributed by atoms with E-state index in [4.69, 9.17) is 4.74 Å². The largest absolute Gasteiger partial charge is 0.497 e. The van der Waals surface area contributed by atoms with Crippen LogP contribution in [0.15, 0.2) is 59.6 Å². The van der Waals surface area contributed by atoms with Crippen LogP contribution in [0.2, 0.25) is 0 Å². The number of anilines is 1. The molecule has 1 amide bonds. The van der Waals surface area contributed by atoms with Gasteiger partial charge in [0.25, 0.3) is 0 Å². The fourth-order valence-corrected chi connectivity index (χ4v) is 3.76. The number of aliphatic imine (C=N–C) groups is 1. The average Bonchev–Trinajstić information content (AvgIpc) is 2.83. The summed E-state index contributed by atoms with van der Waals surface area (Å²) in [5.41, 5.74) is 2.30. The number of rotatable bonds is 7. The molecular weight excluding hydrogens is 517 g/mol. The summed E-state index contributed by atoms with van der Waals surface area (Å²) in [5, 5.41) is 3.26. The Morgan fingerprint density at radius 3 is 2.44 bits per heavy atom. The predicted molar refractivity (Wildman–Crippen MR) is 141 cm³/mol. The molecule has 0 aliphatic carbocycles. The van der Waals surface area contributed by atoms with Crippen molar-refractivity contribution in [1.82, 2.24) is 15.1 Å². The molecule has 0 bridgehead atoms. The van der Waals surface area contributed by atoms with E-state index in [1.54, 1.807) is 14.2 Å². The summed E-state index contributed by atoms with van der Waals surface area (Å²) in [6.07, 6.45) is 0. The number of hydrogen-bond donors (Lipinski definition) is 1. The normalized spacial score (nSPS) is 13.9. The lowest BCUT2D eigenvalue weighted by Gasteiger charge is -2.37. The Morgan fingerprint density at radius 1 is 1.09 bits per heavy atom. The molecule has 0 aromatic heterocycles. The van der Waals surface area contributed by atoms with Crippen molar-refractivity contribution in [3.63, 3.8) is 0 Å². The van der Waals surface area contributed by atoms with E-state index < -0.39 is 0 Å². The maximum atomic E-state index is 12.7. The van der Waals surface area contributed by atoms with Crippen LogP contribution in [-0.4, -0.2) is 75.1 Å². The number of amides is 1. The van der Waals surface area contributed by atoms with Gasteiger partial charge in [0.05, 0.1) is 13.7 Å². The number of nitrogens with zero attached hydrogens (tertiary/aromatic N) is 4. The number of carbonyl (C=O) groups excluding carboxylic acids is 1. The number of methoxy groups -OCH3 is 1. The van der Waals surface area contributed by atoms with E-state index in [0.29, 0.717) is 13.1 Å². The highest BCUT2D eigenvalue weighted by Crippen LogP contribution is 2.22. The van der Waals surface area contributed by atoms with Crippen LogP contribution in [0, 0.1) is 0 Å². The number of guanidine groups is 1. The van der Waals surface area contributed by atoms with Crippen molar-refractivity contribution in [3.8, 4) is 5.75 Å². The van der Waals surface area contributed by atoms with Gasteiger partial charge in [-0.25, -0.2) is 0 Å². The summed E-state index contributed by atoms with van der Waals surface area (Å²) < 4.78 is 5.34. The maximum Gasteiger partial charge on any atom is 0.242 e. The van der Waals surface area contributed by atoms with E-state index in [0.717, 1.165) is 49.1 Å². The van der Waals surface area contributed by atoms with Gasteiger partial charge in [-0.3, -0.25) is 9.79 Å². The summed E-state index contributed by atoms with van der Waals surface area (Å²) in [6.45, 7) is 6.99. The third kappa shape index (κ3) is 7.01. The van der Waals surface area contributed by atoms with Gasteiger partial charge in [-0.05, 0) is 24.6 Å². The van der Waals surface area contributed by atoms with E-state index in [1.165, 1.54) is 0 Å². The molecule has 3 rings (SSSR count). The van der Waals surface area contributed by atoms with Gasteiger partial charge in [-0.15, -0.1) is 24.0 Å². The van der Waals surface area contributed by atoms with E-state index in [9.17, 15) is 4.79 Å². The fraction of sp³-hybridized carbons (Fsp3) is 0.417. The first-order chi connectivity index (χ1) is 15.1. The molecule has 1 heterocycles. The number of halogens is 1. The van der Waals surface area contributed by atoms with Gasteiger partial charge in [-0.1, -0.05) is 36.4 Å². The lowest BCUT2D eigenvalue weighted by Crippen LogP contribution is -2.54. The van der Waals surface area contributed by atoms with Crippen LogP contribution in [0.5, 0.6) is 5.75 Å². The third-order valence-corrected chi connectivity index (χ3v) is 5.56. The molecule has 7 nitrogen and oxygen atoms in total. The molecule has 2 aromatic rings. The maximum absolute atomic E-state index is 12.7. The molecule has 0 unspecified atom stereocenters. The number of likely N-dealkylation sites (N-methyl/N-ethyl adjacent to an activating group) is 1. The van der Waals surface area contributed by atoms with Crippen LogP contribution in [0.25, 0.3) is 0 Å². The van der Waals surface area contributed by atoms with E-state index >= 15 is 0 Å². The zero-order chi connectivity index (χ0) is 22.1. The van der Waals surface area contributed by atoms with Crippen LogP contribution in [0.3, 0.4) is 0 Å². The van der Waals surface area contributed by atoms with Crippen molar-refractivity contribution in [2.45, 2.75) is 13.5 Å². The van der Waals surface area contributed by atoms with Crippen molar-refractivity contribution < 1.29 is 9.53 Å². The molecule has 1 N–H and O–H groups in total. The van der Waals surface area contributed by atoms with Crippen molar-refractivity contribution in [1.29, 1.82) is 0 Å². The first kappa shape index (κ1) is 25.8. The van der Waals surface area contributed by atoms with Crippen molar-refractivity contribution in [3.05, 3.63) is 60.2 Å². The smallest absolute Gasteiger partial charge is 0.242 e. The number of piperazine rings is 1. The van der Waals surface area contributed by atoms with Gasteiger partial charge in [0, 0.05) is 58.1 Å². The molecule has 0 saturated carbocycles. The number of hydrogen-bond acceptors (Lipinski definition) is 4. The Hall–Kier alpha value is -2.49. The standard InChI is InChI=1S/C24H33N5O2.HI/c1-4-27(19-20-9-6-5-7-10-20)23(30)18-26-24(25-2)29-15-13-28(14-16-29)21-11-8-12-22(17-21)31-3;/h5-12,17H,4,13-16,18-19H2,1-3H3,(H,25,26);1H. The number of carbonyl (C=O) groups is 1. The van der Waals surface area contributed by atoms with Crippen LogP contribution >= 0.6 is 24.0 Å². The van der Waals surface area contributed by atoms with Gasteiger partial charge in [0.1, 0.15) is 5.75 Å². The van der Waals surface area contributed by atoms with Crippen LogP contribution in [0.1, 0.15) is 12.5 Å². The first-order valence-corrected chi connectivity index (χ1v) is 10.8. The molecule has 1 fully saturated rings. The Kier molecular flexibility index (Phi) is 10.6. The molecule has 174 valence electrons. The molecule has 0 radical (unpaired) electrons. The number of nitrogens with one attached hydrogen (secondary N) is 1. The van der Waals surface area contributed by atoms with Crippen LogP contribution in [0.4, 0.5) is 5.69 Å². The van der Waals surface area contributed by atoms with E-state index in [1.807, 2.05) is 54.3 Å². The zero-order valence-electron chi connectivity index (χ0n) is 19.2. The highest BCUT2D eigenvalue weighted by Gasteiger charge is 2.21. The second-order valence-corrected chi connectivity index (χ2v) is 7.47. The predicted octanol–water partition coefficient (Wildman–Crippen LogP) is 3.06. The van der Waals surface area contributed by atoms with Gasteiger partial charge in [0.2, 0.25) is 5.91 Å². The average molecular weight is 551 g/mol. The Balaban J connectivity index is 0.00000363. The summed E-state index contributed by atoms with van der Waals surface area (Å²) in [7, 11) is 3.45. The lowest BCUT2D eigenvalue weighted by atomic mass is 10.2. The highest BCUT2D eigenvalue weighted by molar-refractivity contribution is 14.0. The van der Waals surface area contributed by atoms with E-state index in [-0.39, 0.29) is 36.4 Å². The van der Waals surface area contributed by atoms with Gasteiger partial charge < -0.3 is 24.8 Å². The zero-order valence-corrected chi connectivity index (χ0v) is 21.5. The monoisotopic (exact) mass is 551 g/mol. The van der Waals surface area contributed by atoms with Crippen LogP contribution in [-0.2, 0) is 11.3 Å². The molecule has 2 aromatic carbocycles. The highest BCUT2D eigenvalue weighted by atomic mass is 127.